The number of aryl methyl sites for hydroxylation is 2. The van der Waals surface area contributed by atoms with E-state index in [-0.39, 0.29) is 6.54 Å². The standard InChI is InChI=1S/C12H18N4O2/c1-4-14-11(17)12(18)15-6-9-7(2)5-10(13)16-8(9)3/h5H,4,6H2,1-3H3,(H2,13,16)(H,14,17)(H,15,18). The number of pyridine rings is 1. The number of hydrogen-bond donors (Lipinski definition) is 3. The Morgan fingerprint density at radius 3 is 2.44 bits per heavy atom. The number of anilines is 1. The number of likely N-dealkylation sites (N-methyl/N-ethyl adjacent to an activating group) is 1. The second-order valence-corrected chi connectivity index (χ2v) is 3.97. The van der Waals surface area contributed by atoms with Gasteiger partial charge in [0.15, 0.2) is 0 Å². The fourth-order valence-corrected chi connectivity index (χ4v) is 1.64. The van der Waals surface area contributed by atoms with Crippen molar-refractivity contribution in [2.24, 2.45) is 0 Å². The van der Waals surface area contributed by atoms with Gasteiger partial charge in [-0.2, -0.15) is 0 Å². The van der Waals surface area contributed by atoms with Crippen LogP contribution in [0.4, 0.5) is 5.82 Å². The molecule has 0 atom stereocenters. The van der Waals surface area contributed by atoms with E-state index in [4.69, 9.17) is 5.73 Å². The summed E-state index contributed by atoms with van der Waals surface area (Å²) >= 11 is 0. The van der Waals surface area contributed by atoms with Gasteiger partial charge in [-0.3, -0.25) is 9.59 Å². The molecule has 98 valence electrons. The van der Waals surface area contributed by atoms with Crippen molar-refractivity contribution in [1.29, 1.82) is 0 Å². The minimum atomic E-state index is -0.646. The van der Waals surface area contributed by atoms with Crippen molar-refractivity contribution in [3.63, 3.8) is 0 Å². The first kappa shape index (κ1) is 14.0. The fraction of sp³-hybridized carbons (Fsp3) is 0.417. The highest BCUT2D eigenvalue weighted by Gasteiger charge is 2.13. The third-order valence-corrected chi connectivity index (χ3v) is 2.54. The third-order valence-electron chi connectivity index (χ3n) is 2.54. The minimum absolute atomic E-state index is 0.265. The van der Waals surface area contributed by atoms with Crippen LogP contribution in [0.3, 0.4) is 0 Å². The Balaban J connectivity index is 2.70. The van der Waals surface area contributed by atoms with Gasteiger partial charge < -0.3 is 16.4 Å². The maximum Gasteiger partial charge on any atom is 0.309 e. The first-order valence-electron chi connectivity index (χ1n) is 5.74. The predicted octanol–water partition coefficient (Wildman–Crippen LogP) is 0.0329. The Kier molecular flexibility index (Phi) is 4.65. The van der Waals surface area contributed by atoms with Gasteiger partial charge in [0.25, 0.3) is 0 Å². The average Bonchev–Trinajstić information content (AvgIpc) is 2.27. The number of rotatable bonds is 3. The van der Waals surface area contributed by atoms with Crippen molar-refractivity contribution in [2.45, 2.75) is 27.3 Å². The lowest BCUT2D eigenvalue weighted by molar-refractivity contribution is -0.139. The highest BCUT2D eigenvalue weighted by molar-refractivity contribution is 6.35. The Labute approximate surface area is 106 Å². The molecule has 4 N–H and O–H groups in total. The maximum absolute atomic E-state index is 11.4. The van der Waals surface area contributed by atoms with Crippen molar-refractivity contribution in [2.75, 3.05) is 12.3 Å². The van der Waals surface area contributed by atoms with Crippen LogP contribution in [0.2, 0.25) is 0 Å². The SMILES string of the molecule is CCNC(=O)C(=O)NCc1c(C)cc(N)nc1C. The van der Waals surface area contributed by atoms with E-state index in [2.05, 4.69) is 15.6 Å². The molecule has 1 heterocycles. The molecule has 6 nitrogen and oxygen atoms in total. The second kappa shape index (κ2) is 6.00. The number of aromatic nitrogens is 1. The number of carbonyl (C=O) groups excluding carboxylic acids is 2. The van der Waals surface area contributed by atoms with E-state index in [0.29, 0.717) is 12.4 Å². The smallest absolute Gasteiger partial charge is 0.309 e. The van der Waals surface area contributed by atoms with Crippen LogP contribution in [0, 0.1) is 13.8 Å². The first-order valence-corrected chi connectivity index (χ1v) is 5.74. The van der Waals surface area contributed by atoms with Crippen molar-refractivity contribution in [1.82, 2.24) is 15.6 Å². The number of carbonyl (C=O) groups is 2. The lowest BCUT2D eigenvalue weighted by Gasteiger charge is -2.11. The Hall–Kier alpha value is -2.11. The molecule has 0 saturated carbocycles. The van der Waals surface area contributed by atoms with Crippen LogP contribution in [0.15, 0.2) is 6.07 Å². The maximum atomic E-state index is 11.4. The number of nitrogens with one attached hydrogen (secondary N) is 2. The summed E-state index contributed by atoms with van der Waals surface area (Å²) in [6, 6.07) is 1.74. The molecule has 18 heavy (non-hydrogen) atoms. The topological polar surface area (TPSA) is 97.1 Å². The molecule has 0 spiro atoms. The molecule has 0 aliphatic rings. The van der Waals surface area contributed by atoms with Crippen LogP contribution in [-0.4, -0.2) is 23.3 Å². The molecule has 0 aliphatic carbocycles. The molecule has 6 heteroatoms. The highest BCUT2D eigenvalue weighted by atomic mass is 16.2. The van der Waals surface area contributed by atoms with Crippen LogP contribution in [0.1, 0.15) is 23.7 Å². The van der Waals surface area contributed by atoms with E-state index < -0.39 is 11.8 Å². The van der Waals surface area contributed by atoms with Gasteiger partial charge in [0.05, 0.1) is 0 Å². The van der Waals surface area contributed by atoms with Crippen LogP contribution in [0.5, 0.6) is 0 Å². The molecule has 1 rings (SSSR count). The molecule has 0 bridgehead atoms. The summed E-state index contributed by atoms with van der Waals surface area (Å²) in [6.45, 7) is 6.15. The number of nitrogen functional groups attached to an aromatic ring is 1. The second-order valence-electron chi connectivity index (χ2n) is 3.97. The summed E-state index contributed by atoms with van der Waals surface area (Å²) in [6.07, 6.45) is 0. The van der Waals surface area contributed by atoms with Gasteiger partial charge in [0, 0.05) is 18.8 Å². The Morgan fingerprint density at radius 2 is 1.89 bits per heavy atom. The first-order chi connectivity index (χ1) is 8.45. The van der Waals surface area contributed by atoms with Gasteiger partial charge in [-0.15, -0.1) is 0 Å². The summed E-state index contributed by atoms with van der Waals surface area (Å²) in [5.74, 6) is -0.826. The molecule has 0 fully saturated rings. The summed E-state index contributed by atoms with van der Waals surface area (Å²) < 4.78 is 0. The lowest BCUT2D eigenvalue weighted by Crippen LogP contribution is -2.39. The van der Waals surface area contributed by atoms with Crippen molar-refractivity contribution >= 4 is 17.6 Å². The summed E-state index contributed by atoms with van der Waals surface area (Å²) in [5.41, 5.74) is 8.18. The predicted molar refractivity (Wildman–Crippen MR) is 68.7 cm³/mol. The molecule has 0 aliphatic heterocycles. The van der Waals surface area contributed by atoms with Gasteiger partial charge >= 0.3 is 11.8 Å². The number of nitrogens with two attached hydrogens (primary N) is 1. The fourth-order valence-electron chi connectivity index (χ4n) is 1.64. The molecule has 0 radical (unpaired) electrons. The van der Waals surface area contributed by atoms with E-state index in [1.54, 1.807) is 13.0 Å². The highest BCUT2D eigenvalue weighted by Crippen LogP contribution is 2.14. The van der Waals surface area contributed by atoms with E-state index in [1.165, 1.54) is 0 Å². The van der Waals surface area contributed by atoms with Gasteiger partial charge in [0.2, 0.25) is 0 Å². The summed E-state index contributed by atoms with van der Waals surface area (Å²) in [5, 5.41) is 4.99. The van der Waals surface area contributed by atoms with Gasteiger partial charge in [-0.25, -0.2) is 4.98 Å². The van der Waals surface area contributed by atoms with Crippen molar-refractivity contribution < 1.29 is 9.59 Å². The van der Waals surface area contributed by atoms with Crippen molar-refractivity contribution in [3.05, 3.63) is 22.9 Å². The van der Waals surface area contributed by atoms with E-state index in [9.17, 15) is 9.59 Å². The zero-order chi connectivity index (χ0) is 13.7. The third kappa shape index (κ3) is 3.44. The van der Waals surface area contributed by atoms with Gasteiger partial charge in [-0.05, 0) is 38.0 Å². The Morgan fingerprint density at radius 1 is 1.28 bits per heavy atom. The average molecular weight is 250 g/mol. The molecule has 0 aromatic carbocycles. The molecular weight excluding hydrogens is 232 g/mol. The zero-order valence-electron chi connectivity index (χ0n) is 10.8. The summed E-state index contributed by atoms with van der Waals surface area (Å²) in [7, 11) is 0. The number of hydrogen-bond acceptors (Lipinski definition) is 4. The number of amides is 2. The van der Waals surface area contributed by atoms with Crippen LogP contribution >= 0.6 is 0 Å². The zero-order valence-corrected chi connectivity index (χ0v) is 10.8. The van der Waals surface area contributed by atoms with Crippen LogP contribution < -0.4 is 16.4 Å². The molecule has 0 saturated heterocycles. The molecule has 1 aromatic heterocycles. The molecule has 1 aromatic rings. The monoisotopic (exact) mass is 250 g/mol. The quantitative estimate of drug-likeness (QED) is 0.659. The van der Waals surface area contributed by atoms with Crippen LogP contribution in [-0.2, 0) is 16.1 Å². The summed E-state index contributed by atoms with van der Waals surface area (Å²) in [4.78, 5) is 26.8. The largest absolute Gasteiger partial charge is 0.384 e. The van der Waals surface area contributed by atoms with Crippen molar-refractivity contribution in [3.8, 4) is 0 Å². The molecule has 0 unspecified atom stereocenters. The Bertz CT molecular complexity index is 448. The molecular formula is C12H18N4O2. The van der Waals surface area contributed by atoms with E-state index in [0.717, 1.165) is 16.8 Å². The molecule has 2 amide bonds. The van der Waals surface area contributed by atoms with Crippen LogP contribution in [0.25, 0.3) is 0 Å². The van der Waals surface area contributed by atoms with E-state index >= 15 is 0 Å². The number of nitrogens with zero attached hydrogens (tertiary/aromatic N) is 1. The normalized spacial score (nSPS) is 9.94. The lowest BCUT2D eigenvalue weighted by atomic mass is 10.1. The van der Waals surface area contributed by atoms with Gasteiger partial charge in [-0.1, -0.05) is 0 Å². The minimum Gasteiger partial charge on any atom is -0.384 e. The van der Waals surface area contributed by atoms with E-state index in [1.807, 2.05) is 13.8 Å². The van der Waals surface area contributed by atoms with Gasteiger partial charge in [0.1, 0.15) is 5.82 Å².